The Labute approximate surface area is 171 Å². The van der Waals surface area contributed by atoms with E-state index in [1.807, 2.05) is 31.2 Å². The van der Waals surface area contributed by atoms with Crippen molar-refractivity contribution in [3.05, 3.63) is 47.8 Å². The molecule has 7 heteroatoms. The molecule has 29 heavy (non-hydrogen) atoms. The number of carbonyl (C=O) groups excluding carboxylic acids is 2. The molecule has 1 aliphatic heterocycles. The van der Waals surface area contributed by atoms with E-state index in [-0.39, 0.29) is 30.1 Å². The fourth-order valence-electron chi connectivity index (χ4n) is 3.64. The van der Waals surface area contributed by atoms with Gasteiger partial charge in [0.2, 0.25) is 5.91 Å². The van der Waals surface area contributed by atoms with E-state index in [2.05, 4.69) is 29.6 Å². The number of nitrogens with zero attached hydrogens (tertiary/aromatic N) is 2. The minimum Gasteiger partial charge on any atom is -0.370 e. The number of hydrogen-bond donors (Lipinski definition) is 2. The number of nitrogens with one attached hydrogen (secondary N) is 2. The Morgan fingerprint density at radius 2 is 1.93 bits per heavy atom. The van der Waals surface area contributed by atoms with Crippen molar-refractivity contribution in [1.29, 1.82) is 0 Å². The molecule has 1 fully saturated rings. The van der Waals surface area contributed by atoms with Crippen LogP contribution in [-0.2, 0) is 16.1 Å². The summed E-state index contributed by atoms with van der Waals surface area (Å²) in [6.45, 7) is 8.52. The van der Waals surface area contributed by atoms with E-state index in [1.54, 1.807) is 23.9 Å². The molecular weight excluding hydrogens is 368 g/mol. The highest BCUT2D eigenvalue weighted by atomic mass is 16.5. The molecular formula is C22H30N4O3. The third-order valence-corrected chi connectivity index (χ3v) is 5.24. The summed E-state index contributed by atoms with van der Waals surface area (Å²) in [6, 6.07) is 9.50. The lowest BCUT2D eigenvalue weighted by Gasteiger charge is -2.37. The third kappa shape index (κ3) is 5.44. The second-order valence-electron chi connectivity index (χ2n) is 7.91. The first-order valence-corrected chi connectivity index (χ1v) is 10.2. The van der Waals surface area contributed by atoms with E-state index in [1.165, 1.54) is 0 Å². The van der Waals surface area contributed by atoms with E-state index in [4.69, 9.17) is 4.74 Å². The maximum atomic E-state index is 12.3. The molecule has 1 saturated heterocycles. The molecule has 1 aliphatic rings. The lowest BCUT2D eigenvalue weighted by atomic mass is 9.90. The van der Waals surface area contributed by atoms with Crippen molar-refractivity contribution in [3.8, 4) is 0 Å². The third-order valence-electron chi connectivity index (χ3n) is 5.24. The predicted molar refractivity (Wildman–Crippen MR) is 112 cm³/mol. The first-order chi connectivity index (χ1) is 13.9. The van der Waals surface area contributed by atoms with Gasteiger partial charge in [-0.05, 0) is 49.4 Å². The van der Waals surface area contributed by atoms with Gasteiger partial charge in [0.1, 0.15) is 0 Å². The Hall–Kier alpha value is -2.67. The van der Waals surface area contributed by atoms with Gasteiger partial charge in [0, 0.05) is 31.4 Å². The van der Waals surface area contributed by atoms with Crippen LogP contribution in [0, 0.1) is 5.92 Å². The number of carbonyl (C=O) groups is 2. The van der Waals surface area contributed by atoms with E-state index in [9.17, 15) is 9.59 Å². The minimum absolute atomic E-state index is 0.0123. The average molecular weight is 399 g/mol. The maximum absolute atomic E-state index is 12.3. The highest BCUT2D eigenvalue weighted by molar-refractivity contribution is 6.02. The maximum Gasteiger partial charge on any atom is 0.276 e. The van der Waals surface area contributed by atoms with Crippen LogP contribution in [0.15, 0.2) is 36.5 Å². The van der Waals surface area contributed by atoms with Gasteiger partial charge < -0.3 is 15.4 Å². The molecule has 7 nitrogen and oxygen atoms in total. The van der Waals surface area contributed by atoms with Gasteiger partial charge in [-0.15, -0.1) is 0 Å². The number of hydrogen-bond acceptors (Lipinski definition) is 4. The first kappa shape index (κ1) is 21.0. The molecule has 3 rings (SSSR count). The molecule has 2 heterocycles. The first-order valence-electron chi connectivity index (χ1n) is 10.2. The van der Waals surface area contributed by atoms with E-state index < -0.39 is 0 Å². The predicted octanol–water partition coefficient (Wildman–Crippen LogP) is 3.54. The highest BCUT2D eigenvalue weighted by Gasteiger charge is 2.32. The van der Waals surface area contributed by atoms with Crippen LogP contribution in [0.2, 0.25) is 0 Å². The highest BCUT2D eigenvalue weighted by Crippen LogP contribution is 2.34. The molecule has 2 N–H and O–H groups in total. The molecule has 1 aromatic heterocycles. The van der Waals surface area contributed by atoms with Gasteiger partial charge in [-0.2, -0.15) is 5.10 Å². The van der Waals surface area contributed by atoms with Crippen molar-refractivity contribution in [1.82, 2.24) is 15.1 Å². The van der Waals surface area contributed by atoms with Crippen LogP contribution in [0.25, 0.3) is 0 Å². The van der Waals surface area contributed by atoms with Crippen molar-refractivity contribution in [3.63, 3.8) is 0 Å². The number of aromatic nitrogens is 2. The van der Waals surface area contributed by atoms with Gasteiger partial charge >= 0.3 is 0 Å². The van der Waals surface area contributed by atoms with Gasteiger partial charge in [-0.3, -0.25) is 14.3 Å². The van der Waals surface area contributed by atoms with Crippen LogP contribution in [0.3, 0.4) is 0 Å². The van der Waals surface area contributed by atoms with Crippen LogP contribution in [0.5, 0.6) is 0 Å². The fraction of sp³-hybridized carbons (Fsp3) is 0.500. The summed E-state index contributed by atoms with van der Waals surface area (Å²) >= 11 is 0. The summed E-state index contributed by atoms with van der Waals surface area (Å²) in [4.78, 5) is 23.9. The lowest BCUT2D eigenvalue weighted by molar-refractivity contribution is -0.123. The molecule has 0 bridgehead atoms. The lowest BCUT2D eigenvalue weighted by Crippen LogP contribution is -2.43. The second kappa shape index (κ2) is 9.22. The summed E-state index contributed by atoms with van der Waals surface area (Å²) in [5.41, 5.74) is 2.14. The van der Waals surface area contributed by atoms with Crippen molar-refractivity contribution in [2.45, 2.75) is 65.3 Å². The standard InChI is InChI=1S/C22H30N4O3/c1-5-26-11-10-19(25-26)22(28)24-17-8-6-16(7-9-17)21-13-18(23-15(4)27)12-20(29-21)14(2)3/h6-11,14,18,20-21H,5,12-13H2,1-4H3,(H,23,27)(H,24,28)/t18-,20-,21+/m1/s1. The zero-order valence-corrected chi connectivity index (χ0v) is 17.5. The smallest absolute Gasteiger partial charge is 0.276 e. The topological polar surface area (TPSA) is 85.2 Å². The van der Waals surface area contributed by atoms with Crippen LogP contribution in [0.4, 0.5) is 5.69 Å². The molecule has 2 aromatic rings. The quantitative estimate of drug-likeness (QED) is 0.779. The molecule has 0 aliphatic carbocycles. The zero-order valence-electron chi connectivity index (χ0n) is 17.5. The number of rotatable bonds is 6. The van der Waals surface area contributed by atoms with E-state index >= 15 is 0 Å². The number of amides is 2. The van der Waals surface area contributed by atoms with Crippen molar-refractivity contribution in [2.75, 3.05) is 5.32 Å². The SMILES string of the molecule is CCn1ccc(C(=O)Nc2ccc([C@@H]3C[C@H](NC(C)=O)C[C@H](C(C)C)O3)cc2)n1. The molecule has 2 amide bonds. The monoisotopic (exact) mass is 398 g/mol. The van der Waals surface area contributed by atoms with Crippen LogP contribution in [0.1, 0.15) is 62.7 Å². The summed E-state index contributed by atoms with van der Waals surface area (Å²) in [6.07, 6.45) is 3.36. The largest absolute Gasteiger partial charge is 0.370 e. The molecule has 0 unspecified atom stereocenters. The van der Waals surface area contributed by atoms with Crippen LogP contribution in [-0.4, -0.2) is 33.7 Å². The Bertz CT molecular complexity index is 844. The average Bonchev–Trinajstić information content (AvgIpc) is 3.17. The molecule has 1 aromatic carbocycles. The molecule has 156 valence electrons. The normalized spacial score (nSPS) is 21.8. The Balaban J connectivity index is 1.67. The van der Waals surface area contributed by atoms with Crippen molar-refractivity contribution in [2.24, 2.45) is 5.92 Å². The van der Waals surface area contributed by atoms with Gasteiger partial charge in [0.15, 0.2) is 5.69 Å². The van der Waals surface area contributed by atoms with Crippen LogP contribution < -0.4 is 10.6 Å². The van der Waals surface area contributed by atoms with Gasteiger partial charge in [0.05, 0.1) is 12.2 Å². The number of benzene rings is 1. The van der Waals surface area contributed by atoms with Crippen molar-refractivity contribution < 1.29 is 14.3 Å². The molecule has 3 atom stereocenters. The minimum atomic E-state index is -0.232. The zero-order chi connectivity index (χ0) is 21.0. The summed E-state index contributed by atoms with van der Waals surface area (Å²) in [5, 5.41) is 10.1. The van der Waals surface area contributed by atoms with E-state index in [0.717, 1.165) is 24.9 Å². The van der Waals surface area contributed by atoms with E-state index in [0.29, 0.717) is 17.3 Å². The summed E-state index contributed by atoms with van der Waals surface area (Å²) < 4.78 is 8.02. The number of anilines is 1. The number of aryl methyl sites for hydroxylation is 1. The van der Waals surface area contributed by atoms with Gasteiger partial charge in [0.25, 0.3) is 5.91 Å². The summed E-state index contributed by atoms with van der Waals surface area (Å²) in [5.74, 6) is 0.127. The fourth-order valence-corrected chi connectivity index (χ4v) is 3.64. The van der Waals surface area contributed by atoms with Gasteiger partial charge in [-0.1, -0.05) is 26.0 Å². The molecule has 0 saturated carbocycles. The Morgan fingerprint density at radius 1 is 1.21 bits per heavy atom. The van der Waals surface area contributed by atoms with Crippen LogP contribution >= 0.6 is 0 Å². The van der Waals surface area contributed by atoms with Gasteiger partial charge in [-0.25, -0.2) is 0 Å². The summed E-state index contributed by atoms with van der Waals surface area (Å²) in [7, 11) is 0. The number of ether oxygens (including phenoxy) is 1. The Morgan fingerprint density at radius 3 is 2.52 bits per heavy atom. The molecule has 0 radical (unpaired) electrons. The second-order valence-corrected chi connectivity index (χ2v) is 7.91. The molecule has 0 spiro atoms. The Kier molecular flexibility index (Phi) is 6.69. The van der Waals surface area contributed by atoms with Crippen molar-refractivity contribution >= 4 is 17.5 Å².